The Balaban J connectivity index is 2.41. The van der Waals surface area contributed by atoms with E-state index in [0.29, 0.717) is 6.54 Å². The Morgan fingerprint density at radius 2 is 2.06 bits per heavy atom. The van der Waals surface area contributed by atoms with Crippen LogP contribution < -0.4 is 10.2 Å². The number of aliphatic hydroxyl groups excluding tert-OH is 1. The van der Waals surface area contributed by atoms with Gasteiger partial charge in [0.25, 0.3) is 0 Å². The Morgan fingerprint density at radius 1 is 1.44 bits per heavy atom. The van der Waals surface area contributed by atoms with Crippen molar-refractivity contribution in [1.29, 1.82) is 0 Å². The van der Waals surface area contributed by atoms with Crippen molar-refractivity contribution in [3.63, 3.8) is 0 Å². The second-order valence-electron chi connectivity index (χ2n) is 5.08. The summed E-state index contributed by atoms with van der Waals surface area (Å²) in [5.74, 6) is -0.125. The summed E-state index contributed by atoms with van der Waals surface area (Å²) in [6, 6.07) is 7.24. The predicted molar refractivity (Wildman–Crippen MR) is 74.6 cm³/mol. The van der Waals surface area contributed by atoms with E-state index in [1.165, 1.54) is 0 Å². The van der Waals surface area contributed by atoms with Gasteiger partial charge in [0.2, 0.25) is 5.91 Å². The van der Waals surface area contributed by atoms with Crippen molar-refractivity contribution in [2.24, 2.45) is 0 Å². The fourth-order valence-corrected chi connectivity index (χ4v) is 2.61. The van der Waals surface area contributed by atoms with Crippen molar-refractivity contribution in [1.82, 2.24) is 5.32 Å². The highest BCUT2D eigenvalue weighted by molar-refractivity contribution is 9.10. The van der Waals surface area contributed by atoms with E-state index in [2.05, 4.69) is 35.1 Å². The molecule has 1 aromatic carbocycles. The molecule has 1 fully saturated rings. The summed E-state index contributed by atoms with van der Waals surface area (Å²) in [5, 5.41) is 12.3. The topological polar surface area (TPSA) is 52.6 Å². The first-order chi connectivity index (χ1) is 8.45. The fraction of sp³-hybridized carbons (Fsp3) is 0.462. The van der Waals surface area contributed by atoms with Crippen LogP contribution in [0.4, 0.5) is 5.69 Å². The van der Waals surface area contributed by atoms with E-state index in [9.17, 15) is 9.90 Å². The van der Waals surface area contributed by atoms with E-state index in [0.717, 1.165) is 10.2 Å². The largest absolute Gasteiger partial charge is 0.394 e. The van der Waals surface area contributed by atoms with Gasteiger partial charge in [0, 0.05) is 16.7 Å². The minimum Gasteiger partial charge on any atom is -0.394 e. The van der Waals surface area contributed by atoms with Crippen molar-refractivity contribution < 1.29 is 9.90 Å². The lowest BCUT2D eigenvalue weighted by molar-refractivity contribution is -0.125. The number of hydrogen-bond acceptors (Lipinski definition) is 3. The summed E-state index contributed by atoms with van der Waals surface area (Å²) in [5.41, 5.74) is 0.715. The molecule has 1 aliphatic heterocycles. The molecule has 0 radical (unpaired) electrons. The summed E-state index contributed by atoms with van der Waals surface area (Å²) in [7, 11) is 0. The number of rotatable bonds is 2. The zero-order valence-electron chi connectivity index (χ0n) is 10.5. The molecular formula is C13H17BrN2O2. The Labute approximate surface area is 115 Å². The van der Waals surface area contributed by atoms with Gasteiger partial charge in [-0.2, -0.15) is 0 Å². The molecule has 1 aliphatic rings. The summed E-state index contributed by atoms with van der Waals surface area (Å²) in [6.45, 7) is 4.48. The van der Waals surface area contributed by atoms with E-state index in [1.54, 1.807) is 0 Å². The van der Waals surface area contributed by atoms with Crippen LogP contribution in [0.5, 0.6) is 0 Å². The van der Waals surface area contributed by atoms with Crippen molar-refractivity contribution in [3.8, 4) is 0 Å². The van der Waals surface area contributed by atoms with Crippen LogP contribution in [0, 0.1) is 0 Å². The first kappa shape index (κ1) is 13.4. The summed E-state index contributed by atoms with van der Waals surface area (Å²) in [6.07, 6.45) is 0. The number of anilines is 1. The van der Waals surface area contributed by atoms with Crippen molar-refractivity contribution >= 4 is 27.5 Å². The maximum absolute atomic E-state index is 11.8. The third-order valence-corrected chi connectivity index (χ3v) is 3.77. The van der Waals surface area contributed by atoms with Gasteiger partial charge in [0.1, 0.15) is 6.04 Å². The molecule has 1 amide bonds. The Bertz CT molecular complexity index is 445. The van der Waals surface area contributed by atoms with Crippen LogP contribution >= 0.6 is 15.9 Å². The molecule has 0 aromatic heterocycles. The van der Waals surface area contributed by atoms with Gasteiger partial charge in [-0.3, -0.25) is 4.79 Å². The molecule has 18 heavy (non-hydrogen) atoms. The molecular weight excluding hydrogens is 296 g/mol. The van der Waals surface area contributed by atoms with Crippen LogP contribution in [-0.2, 0) is 4.79 Å². The number of halogens is 1. The molecule has 1 aromatic rings. The first-order valence-electron chi connectivity index (χ1n) is 5.89. The van der Waals surface area contributed by atoms with Crippen molar-refractivity contribution in [2.45, 2.75) is 25.4 Å². The Morgan fingerprint density at radius 3 is 2.61 bits per heavy atom. The standard InChI is InChI=1S/C13H17BrN2O2/c1-13(2)8-15-12(18)11(7-17)16(13)10-5-3-9(14)4-6-10/h3-6,11,17H,7-8H2,1-2H3,(H,15,18). The minimum atomic E-state index is -0.532. The van der Waals surface area contributed by atoms with Gasteiger partial charge in [0.15, 0.2) is 0 Å². The third-order valence-electron chi connectivity index (χ3n) is 3.24. The number of carbonyl (C=O) groups is 1. The zero-order valence-corrected chi connectivity index (χ0v) is 12.1. The lowest BCUT2D eigenvalue weighted by Gasteiger charge is -2.48. The average molecular weight is 313 g/mol. The lowest BCUT2D eigenvalue weighted by Crippen LogP contribution is -2.67. The molecule has 0 spiro atoms. The smallest absolute Gasteiger partial charge is 0.245 e. The van der Waals surface area contributed by atoms with Gasteiger partial charge >= 0.3 is 0 Å². The minimum absolute atomic E-state index is 0.125. The highest BCUT2D eigenvalue weighted by Crippen LogP contribution is 2.30. The maximum atomic E-state index is 11.8. The highest BCUT2D eigenvalue weighted by atomic mass is 79.9. The summed E-state index contributed by atoms with van der Waals surface area (Å²) >= 11 is 3.39. The third kappa shape index (κ3) is 2.37. The first-order valence-corrected chi connectivity index (χ1v) is 6.68. The van der Waals surface area contributed by atoms with E-state index < -0.39 is 6.04 Å². The number of benzene rings is 1. The van der Waals surface area contributed by atoms with Gasteiger partial charge in [-0.1, -0.05) is 15.9 Å². The SMILES string of the molecule is CC1(C)CNC(=O)C(CO)N1c1ccc(Br)cc1. The number of carbonyl (C=O) groups excluding carboxylic acids is 1. The van der Waals surface area contributed by atoms with Crippen LogP contribution in [0.1, 0.15) is 13.8 Å². The average Bonchev–Trinajstić information content (AvgIpc) is 2.33. The van der Waals surface area contributed by atoms with Crippen LogP contribution in [-0.4, -0.2) is 35.7 Å². The number of nitrogens with zero attached hydrogens (tertiary/aromatic N) is 1. The van der Waals surface area contributed by atoms with E-state index >= 15 is 0 Å². The van der Waals surface area contributed by atoms with Crippen molar-refractivity contribution in [3.05, 3.63) is 28.7 Å². The number of nitrogens with one attached hydrogen (secondary N) is 1. The van der Waals surface area contributed by atoms with E-state index in [4.69, 9.17) is 0 Å². The molecule has 98 valence electrons. The molecule has 5 heteroatoms. The molecule has 2 rings (SSSR count). The number of aliphatic hydroxyl groups is 1. The zero-order chi connectivity index (χ0) is 13.3. The number of piperazine rings is 1. The monoisotopic (exact) mass is 312 g/mol. The predicted octanol–water partition coefficient (Wildman–Crippen LogP) is 1.52. The molecule has 1 saturated heterocycles. The summed E-state index contributed by atoms with van der Waals surface area (Å²) in [4.78, 5) is 13.8. The molecule has 2 N–H and O–H groups in total. The highest BCUT2D eigenvalue weighted by Gasteiger charge is 2.40. The molecule has 1 heterocycles. The van der Waals surface area contributed by atoms with E-state index in [1.807, 2.05) is 29.2 Å². The Hall–Kier alpha value is -1.07. The lowest BCUT2D eigenvalue weighted by atomic mass is 9.95. The van der Waals surface area contributed by atoms with Gasteiger partial charge in [-0.25, -0.2) is 0 Å². The Kier molecular flexibility index (Phi) is 3.64. The van der Waals surface area contributed by atoms with Gasteiger partial charge in [0.05, 0.1) is 12.1 Å². The van der Waals surface area contributed by atoms with Crippen LogP contribution in [0.2, 0.25) is 0 Å². The second-order valence-corrected chi connectivity index (χ2v) is 5.99. The molecule has 0 saturated carbocycles. The second kappa shape index (κ2) is 4.90. The quantitative estimate of drug-likeness (QED) is 0.870. The van der Waals surface area contributed by atoms with Gasteiger partial charge < -0.3 is 15.3 Å². The van der Waals surface area contributed by atoms with Crippen LogP contribution in [0.15, 0.2) is 28.7 Å². The van der Waals surface area contributed by atoms with Crippen LogP contribution in [0.25, 0.3) is 0 Å². The molecule has 0 aliphatic carbocycles. The van der Waals surface area contributed by atoms with Gasteiger partial charge in [-0.05, 0) is 38.1 Å². The fourth-order valence-electron chi connectivity index (χ4n) is 2.34. The molecule has 1 atom stereocenters. The molecule has 1 unspecified atom stereocenters. The molecule has 0 bridgehead atoms. The number of hydrogen-bond donors (Lipinski definition) is 2. The van der Waals surface area contributed by atoms with Gasteiger partial charge in [-0.15, -0.1) is 0 Å². The summed E-state index contributed by atoms with van der Waals surface area (Å²) < 4.78 is 0.992. The van der Waals surface area contributed by atoms with E-state index in [-0.39, 0.29) is 18.1 Å². The maximum Gasteiger partial charge on any atom is 0.245 e. The van der Waals surface area contributed by atoms with Crippen LogP contribution in [0.3, 0.4) is 0 Å². The number of amides is 1. The van der Waals surface area contributed by atoms with Crippen molar-refractivity contribution in [2.75, 3.05) is 18.1 Å². The molecule has 4 nitrogen and oxygen atoms in total. The normalized spacial score (nSPS) is 22.8.